The predicted octanol–water partition coefficient (Wildman–Crippen LogP) is 5.41. The summed E-state index contributed by atoms with van der Waals surface area (Å²) in [5, 5.41) is 11.5. The Morgan fingerprint density at radius 2 is 0.875 bits per heavy atom. The molecule has 0 saturated heterocycles. The second-order valence-electron chi connectivity index (χ2n) is 4.06. The minimum absolute atomic E-state index is 0. The van der Waals surface area contributed by atoms with Crippen LogP contribution in [0, 0.1) is 0 Å². The number of hydrogen-bond acceptors (Lipinski definition) is 2. The molecule has 2 rings (SSSR count). The Morgan fingerprint density at radius 3 is 1.00 bits per heavy atom. The third kappa shape index (κ3) is 28.6. The van der Waals surface area contributed by atoms with E-state index in [1.807, 2.05) is 27.7 Å². The molecule has 0 heterocycles. The summed E-state index contributed by atoms with van der Waals surface area (Å²) in [6.07, 6.45) is 6.58. The molecule has 0 amide bonds. The molecule has 0 radical (unpaired) electrons. The third-order valence-corrected chi connectivity index (χ3v) is 1.66. The molecule has 0 saturated carbocycles. The van der Waals surface area contributed by atoms with Crippen LogP contribution in [0.2, 0.25) is 0 Å². The van der Waals surface area contributed by atoms with E-state index in [9.17, 15) is 0 Å². The number of hydrogen-bond donors (Lipinski definition) is 0. The average molecular weight is 357 g/mol. The van der Waals surface area contributed by atoms with E-state index in [2.05, 4.69) is 67.3 Å². The van der Waals surface area contributed by atoms with Crippen molar-refractivity contribution in [3.8, 4) is 0 Å². The molecule has 0 aromatic heterocycles. The maximum Gasteiger partial charge on any atom is 0.0969 e. The molecule has 0 bridgehead atoms. The van der Waals surface area contributed by atoms with Crippen LogP contribution in [0.15, 0.2) is 48.5 Å². The number of carbonyl (C=O) groups excluding carboxylic acids is 1. The van der Waals surface area contributed by atoms with E-state index in [4.69, 9.17) is 9.90 Å². The van der Waals surface area contributed by atoms with Gasteiger partial charge in [0, 0.05) is 5.97 Å². The van der Waals surface area contributed by atoms with Crippen molar-refractivity contribution in [3.63, 3.8) is 0 Å². The van der Waals surface area contributed by atoms with Crippen LogP contribution in [0.4, 0.5) is 0 Å². The van der Waals surface area contributed by atoms with Gasteiger partial charge >= 0.3 is 0 Å². The monoisotopic (exact) mass is 356 g/mol. The Kier molecular flexibility index (Phi) is 37.4. The minimum Gasteiger partial charge on any atom is -0.550 e. The van der Waals surface area contributed by atoms with Crippen LogP contribution >= 0.6 is 0 Å². The van der Waals surface area contributed by atoms with E-state index < -0.39 is 5.97 Å². The van der Waals surface area contributed by atoms with Crippen molar-refractivity contribution in [3.05, 3.63) is 48.5 Å². The second kappa shape index (κ2) is 26.4. The van der Waals surface area contributed by atoms with E-state index in [-0.39, 0.29) is 14.9 Å². The fourth-order valence-electron chi connectivity index (χ4n) is 1.13. The number of carboxylic acid groups (broad SMARTS) is 1. The smallest absolute Gasteiger partial charge is 0.0969 e. The molecule has 0 fully saturated rings. The Hall–Kier alpha value is -1.48. The predicted molar refractivity (Wildman–Crippen MR) is 116 cm³/mol. The van der Waals surface area contributed by atoms with Gasteiger partial charge in [-0.25, -0.2) is 0 Å². The number of aliphatic carboxylic acids is 1. The molecule has 24 heavy (non-hydrogen) atoms. The van der Waals surface area contributed by atoms with Gasteiger partial charge in [0.15, 0.2) is 0 Å². The van der Waals surface area contributed by atoms with Crippen molar-refractivity contribution in [2.24, 2.45) is 0 Å². The fourth-order valence-corrected chi connectivity index (χ4v) is 1.13. The lowest BCUT2D eigenvalue weighted by Gasteiger charge is -1.92. The topological polar surface area (TPSA) is 40.1 Å². The third-order valence-electron chi connectivity index (χ3n) is 1.66. The first kappa shape index (κ1) is 34.0. The van der Waals surface area contributed by atoms with Crippen LogP contribution in [0.1, 0.15) is 49.5 Å². The van der Waals surface area contributed by atoms with Crippen LogP contribution in [-0.2, 0) is 15.7 Å². The molecular formula is C21H40O2S. The SMILES string of the molecule is C.C.CC.CC.CC(=O)[O-].C[S+](C)C.c1ccc2ccccc2c1. The lowest BCUT2D eigenvalue weighted by atomic mass is 10.1. The molecule has 0 aliphatic heterocycles. The van der Waals surface area contributed by atoms with Crippen molar-refractivity contribution in [1.29, 1.82) is 0 Å². The van der Waals surface area contributed by atoms with Gasteiger partial charge in [-0.15, -0.1) is 0 Å². The van der Waals surface area contributed by atoms with Crippen molar-refractivity contribution in [2.75, 3.05) is 18.8 Å². The van der Waals surface area contributed by atoms with Crippen LogP contribution < -0.4 is 5.11 Å². The zero-order chi connectivity index (χ0) is 18.0. The number of carboxylic acids is 1. The van der Waals surface area contributed by atoms with Crippen LogP contribution in [0.3, 0.4) is 0 Å². The largest absolute Gasteiger partial charge is 0.550 e. The maximum absolute atomic E-state index is 8.89. The van der Waals surface area contributed by atoms with Gasteiger partial charge in [-0.2, -0.15) is 0 Å². The standard InChI is InChI=1S/C10H8.C3H9S.C2H4O2.2C2H6.2CH4/c1-2-6-10-8-4-3-7-9(10)5-1;1-4(2)3;1-2(3)4;2*1-2;;/h1-8H;1-3H3;1H3,(H,3,4);2*1-2H3;2*1H4/q;+1;;;;;/p-1. The summed E-state index contributed by atoms with van der Waals surface area (Å²) in [6.45, 7) is 8.97. The van der Waals surface area contributed by atoms with Gasteiger partial charge < -0.3 is 9.90 Å². The quantitative estimate of drug-likeness (QED) is 0.592. The van der Waals surface area contributed by atoms with E-state index in [0.717, 1.165) is 6.92 Å². The highest BCUT2D eigenvalue weighted by molar-refractivity contribution is 7.94. The first-order valence-corrected chi connectivity index (χ1v) is 9.99. The van der Waals surface area contributed by atoms with Gasteiger partial charge in [0.25, 0.3) is 0 Å². The van der Waals surface area contributed by atoms with Crippen LogP contribution in [0.25, 0.3) is 10.8 Å². The highest BCUT2D eigenvalue weighted by Crippen LogP contribution is 2.11. The number of carbonyl (C=O) groups is 1. The molecule has 0 N–H and O–H groups in total. The van der Waals surface area contributed by atoms with E-state index in [1.165, 1.54) is 10.8 Å². The van der Waals surface area contributed by atoms with Gasteiger partial charge in [0.05, 0.1) is 18.8 Å². The molecule has 0 atom stereocenters. The lowest BCUT2D eigenvalue weighted by Crippen LogP contribution is -2.16. The molecule has 0 aliphatic carbocycles. The summed E-state index contributed by atoms with van der Waals surface area (Å²) in [5.41, 5.74) is 0. The summed E-state index contributed by atoms with van der Waals surface area (Å²) in [5.74, 6) is -1.08. The van der Waals surface area contributed by atoms with Gasteiger partial charge in [0.1, 0.15) is 0 Å². The molecule has 2 aromatic rings. The summed E-state index contributed by atoms with van der Waals surface area (Å²) in [7, 11) is 0.639. The highest BCUT2D eigenvalue weighted by atomic mass is 32.2. The summed E-state index contributed by atoms with van der Waals surface area (Å²) < 4.78 is 0. The molecule has 3 heteroatoms. The van der Waals surface area contributed by atoms with Crippen LogP contribution in [0.5, 0.6) is 0 Å². The maximum atomic E-state index is 8.89. The van der Waals surface area contributed by atoms with Gasteiger partial charge in [-0.05, 0) is 28.6 Å². The van der Waals surface area contributed by atoms with Gasteiger partial charge in [-0.1, -0.05) is 91.1 Å². The summed E-state index contributed by atoms with van der Waals surface area (Å²) in [4.78, 5) is 8.89. The molecule has 0 aliphatic rings. The Bertz CT molecular complexity index is 396. The molecular weight excluding hydrogens is 316 g/mol. The Balaban J connectivity index is -0.0000000745. The van der Waals surface area contributed by atoms with Crippen molar-refractivity contribution < 1.29 is 9.90 Å². The van der Waals surface area contributed by atoms with E-state index >= 15 is 0 Å². The van der Waals surface area contributed by atoms with E-state index in [0.29, 0.717) is 10.9 Å². The van der Waals surface area contributed by atoms with Crippen LogP contribution in [-0.4, -0.2) is 24.7 Å². The molecule has 2 nitrogen and oxygen atoms in total. The van der Waals surface area contributed by atoms with Crippen molar-refractivity contribution in [2.45, 2.75) is 49.5 Å². The summed E-state index contributed by atoms with van der Waals surface area (Å²) >= 11 is 0. The number of fused-ring (bicyclic) bond motifs is 1. The lowest BCUT2D eigenvalue weighted by molar-refractivity contribution is -0.302. The fraction of sp³-hybridized carbons (Fsp3) is 0.476. The zero-order valence-corrected chi connectivity index (χ0v) is 16.2. The number of rotatable bonds is 0. The first-order chi connectivity index (χ1) is 10.4. The molecule has 0 spiro atoms. The summed E-state index contributed by atoms with van der Waals surface area (Å²) in [6, 6.07) is 16.7. The van der Waals surface area contributed by atoms with Crippen molar-refractivity contribution in [1.82, 2.24) is 0 Å². The normalized spacial score (nSPS) is 7.21. The molecule has 2 aromatic carbocycles. The Morgan fingerprint density at radius 1 is 0.750 bits per heavy atom. The minimum atomic E-state index is -1.08. The van der Waals surface area contributed by atoms with Gasteiger partial charge in [-0.3, -0.25) is 0 Å². The zero-order valence-electron chi connectivity index (χ0n) is 15.3. The number of benzene rings is 2. The first-order valence-electron chi connectivity index (χ1n) is 7.54. The average Bonchev–Trinajstić information content (AvgIpc) is 2.50. The molecule has 142 valence electrons. The molecule has 0 unspecified atom stereocenters. The highest BCUT2D eigenvalue weighted by Gasteiger charge is 1.85. The van der Waals surface area contributed by atoms with E-state index in [1.54, 1.807) is 0 Å². The van der Waals surface area contributed by atoms with Gasteiger partial charge in [0.2, 0.25) is 0 Å². The second-order valence-corrected chi connectivity index (χ2v) is 6.51. The Labute approximate surface area is 154 Å². The van der Waals surface area contributed by atoms with Crippen molar-refractivity contribution >= 4 is 27.6 Å².